The molecule has 0 aromatic heterocycles. The number of guanidine groups is 1. The molecule has 0 aliphatic carbocycles. The molecular weight excluding hydrogens is 336 g/mol. The van der Waals surface area contributed by atoms with Crippen LogP contribution in [0.1, 0.15) is 37.3 Å². The number of nitrogens with zero attached hydrogens (tertiary/aromatic N) is 2. The lowest BCUT2D eigenvalue weighted by Gasteiger charge is -2.17. The van der Waals surface area contributed by atoms with Gasteiger partial charge in [0.25, 0.3) is 0 Å². The van der Waals surface area contributed by atoms with Crippen molar-refractivity contribution < 1.29 is 8.42 Å². The molecule has 6 nitrogen and oxygen atoms in total. The molecule has 140 valence electrons. The average molecular weight is 367 g/mol. The van der Waals surface area contributed by atoms with Crippen molar-refractivity contribution in [1.29, 1.82) is 0 Å². The largest absolute Gasteiger partial charge is 0.356 e. The van der Waals surface area contributed by atoms with Gasteiger partial charge in [0, 0.05) is 26.2 Å². The average Bonchev–Trinajstić information content (AvgIpc) is 2.92. The molecule has 2 N–H and O–H groups in total. The maximum atomic E-state index is 11.8. The molecule has 0 atom stereocenters. The maximum absolute atomic E-state index is 11.8. The SMILES string of the molecule is CCCCNC(=NCc1ccc(C)cc1)NCCN1CCCS1(=O)=O. The van der Waals surface area contributed by atoms with Gasteiger partial charge in [0.15, 0.2) is 5.96 Å². The Labute approximate surface area is 151 Å². The summed E-state index contributed by atoms with van der Waals surface area (Å²) in [6.07, 6.45) is 2.92. The molecule has 0 radical (unpaired) electrons. The number of hydrogen-bond donors (Lipinski definition) is 2. The minimum absolute atomic E-state index is 0.274. The van der Waals surface area contributed by atoms with Crippen LogP contribution in [0.5, 0.6) is 0 Å². The quantitative estimate of drug-likeness (QED) is 0.418. The standard InChI is InChI=1S/C18H30N4O2S/c1-3-4-10-19-18(21-15-17-8-6-16(2)7-9-17)20-11-13-22-12-5-14-25(22,23)24/h6-9H,3-5,10-15H2,1-2H3,(H2,19,20,21). The lowest BCUT2D eigenvalue weighted by Crippen LogP contribution is -2.42. The number of sulfonamides is 1. The normalized spacial score (nSPS) is 17.6. The van der Waals surface area contributed by atoms with Crippen molar-refractivity contribution in [2.45, 2.75) is 39.7 Å². The monoisotopic (exact) mass is 366 g/mol. The van der Waals surface area contributed by atoms with Crippen LogP contribution in [0.4, 0.5) is 0 Å². The van der Waals surface area contributed by atoms with Crippen LogP contribution in [0.15, 0.2) is 29.3 Å². The second kappa shape index (κ2) is 9.77. The number of unbranched alkanes of at least 4 members (excludes halogenated alkanes) is 1. The van der Waals surface area contributed by atoms with Gasteiger partial charge in [-0.15, -0.1) is 0 Å². The van der Waals surface area contributed by atoms with Crippen LogP contribution >= 0.6 is 0 Å². The van der Waals surface area contributed by atoms with Crippen LogP contribution in [0.2, 0.25) is 0 Å². The summed E-state index contributed by atoms with van der Waals surface area (Å²) < 4.78 is 25.2. The van der Waals surface area contributed by atoms with Crippen molar-refractivity contribution in [3.8, 4) is 0 Å². The first-order chi connectivity index (χ1) is 12.0. The maximum Gasteiger partial charge on any atom is 0.214 e. The molecule has 1 aliphatic heterocycles. The fraction of sp³-hybridized carbons (Fsp3) is 0.611. The van der Waals surface area contributed by atoms with Crippen LogP contribution in [0.25, 0.3) is 0 Å². The van der Waals surface area contributed by atoms with E-state index in [1.807, 2.05) is 0 Å². The third-order valence-corrected chi connectivity index (χ3v) is 6.18. The van der Waals surface area contributed by atoms with Crippen molar-refractivity contribution in [1.82, 2.24) is 14.9 Å². The zero-order valence-corrected chi connectivity index (χ0v) is 16.1. The molecule has 1 fully saturated rings. The number of aliphatic imine (C=N–C) groups is 1. The molecule has 1 aromatic rings. The summed E-state index contributed by atoms with van der Waals surface area (Å²) >= 11 is 0. The van der Waals surface area contributed by atoms with Gasteiger partial charge in [0.05, 0.1) is 12.3 Å². The Kier molecular flexibility index (Phi) is 7.71. The van der Waals surface area contributed by atoms with E-state index in [-0.39, 0.29) is 5.75 Å². The van der Waals surface area contributed by atoms with Crippen molar-refractivity contribution in [2.75, 3.05) is 31.9 Å². The van der Waals surface area contributed by atoms with Crippen molar-refractivity contribution in [3.05, 3.63) is 35.4 Å². The van der Waals surface area contributed by atoms with Gasteiger partial charge < -0.3 is 10.6 Å². The van der Waals surface area contributed by atoms with E-state index in [1.165, 1.54) is 5.56 Å². The first kappa shape index (κ1) is 19.7. The molecule has 0 spiro atoms. The number of benzene rings is 1. The van der Waals surface area contributed by atoms with Crippen LogP contribution in [0, 0.1) is 6.92 Å². The van der Waals surface area contributed by atoms with Gasteiger partial charge >= 0.3 is 0 Å². The predicted molar refractivity (Wildman–Crippen MR) is 103 cm³/mol. The zero-order valence-electron chi connectivity index (χ0n) is 15.3. The van der Waals surface area contributed by atoms with Crippen LogP contribution < -0.4 is 10.6 Å². The third kappa shape index (κ3) is 6.66. The van der Waals surface area contributed by atoms with Gasteiger partial charge in [0.1, 0.15) is 0 Å². The summed E-state index contributed by atoms with van der Waals surface area (Å²) in [5.41, 5.74) is 2.39. The Morgan fingerprint density at radius 3 is 2.56 bits per heavy atom. The smallest absolute Gasteiger partial charge is 0.214 e. The molecule has 1 aromatic carbocycles. The summed E-state index contributed by atoms with van der Waals surface area (Å²) in [6, 6.07) is 8.33. The molecule has 2 rings (SSSR count). The molecule has 1 heterocycles. The first-order valence-corrected chi connectivity index (χ1v) is 10.7. The number of hydrogen-bond acceptors (Lipinski definition) is 3. The highest BCUT2D eigenvalue weighted by Gasteiger charge is 2.27. The molecule has 0 unspecified atom stereocenters. The molecule has 0 amide bonds. The van der Waals surface area contributed by atoms with E-state index in [0.717, 1.165) is 37.3 Å². The van der Waals surface area contributed by atoms with Crippen LogP contribution in [-0.2, 0) is 16.6 Å². The highest BCUT2D eigenvalue weighted by molar-refractivity contribution is 7.89. The first-order valence-electron chi connectivity index (χ1n) is 9.07. The number of nitrogens with one attached hydrogen (secondary N) is 2. The molecule has 7 heteroatoms. The van der Waals surface area contributed by atoms with Gasteiger partial charge in [-0.05, 0) is 25.3 Å². The topological polar surface area (TPSA) is 73.8 Å². The minimum atomic E-state index is -3.03. The van der Waals surface area contributed by atoms with E-state index in [0.29, 0.717) is 26.2 Å². The van der Waals surface area contributed by atoms with Crippen molar-refractivity contribution in [2.24, 2.45) is 4.99 Å². The van der Waals surface area contributed by atoms with E-state index in [1.54, 1.807) is 4.31 Å². The van der Waals surface area contributed by atoms with Crippen molar-refractivity contribution in [3.63, 3.8) is 0 Å². The second-order valence-corrected chi connectivity index (χ2v) is 8.51. The van der Waals surface area contributed by atoms with E-state index < -0.39 is 10.0 Å². The molecular formula is C18H30N4O2S. The molecule has 1 saturated heterocycles. The van der Waals surface area contributed by atoms with E-state index in [4.69, 9.17) is 0 Å². The van der Waals surface area contributed by atoms with Gasteiger partial charge in [0.2, 0.25) is 10.0 Å². The highest BCUT2D eigenvalue weighted by atomic mass is 32.2. The van der Waals surface area contributed by atoms with Gasteiger partial charge in [-0.1, -0.05) is 43.2 Å². The molecule has 0 bridgehead atoms. The van der Waals surface area contributed by atoms with Gasteiger partial charge in [-0.2, -0.15) is 0 Å². The van der Waals surface area contributed by atoms with Crippen LogP contribution in [0.3, 0.4) is 0 Å². The highest BCUT2D eigenvalue weighted by Crippen LogP contribution is 2.11. The van der Waals surface area contributed by atoms with E-state index >= 15 is 0 Å². The Hall–Kier alpha value is -1.60. The Morgan fingerprint density at radius 2 is 1.92 bits per heavy atom. The zero-order chi connectivity index (χ0) is 18.1. The summed E-state index contributed by atoms with van der Waals surface area (Å²) in [4.78, 5) is 4.62. The van der Waals surface area contributed by atoms with Crippen molar-refractivity contribution >= 4 is 16.0 Å². The fourth-order valence-electron chi connectivity index (χ4n) is 2.66. The van der Waals surface area contributed by atoms with Gasteiger partial charge in [-0.25, -0.2) is 17.7 Å². The Balaban J connectivity index is 1.87. The number of rotatable bonds is 8. The second-order valence-electron chi connectivity index (χ2n) is 6.43. The Morgan fingerprint density at radius 1 is 1.20 bits per heavy atom. The third-order valence-electron chi connectivity index (χ3n) is 4.22. The van der Waals surface area contributed by atoms with Crippen LogP contribution in [-0.4, -0.2) is 50.6 Å². The Bertz CT molecular complexity index is 656. The summed E-state index contributed by atoms with van der Waals surface area (Å²) in [6.45, 7) is 7.35. The predicted octanol–water partition coefficient (Wildman–Crippen LogP) is 1.87. The summed E-state index contributed by atoms with van der Waals surface area (Å²) in [7, 11) is -3.03. The summed E-state index contributed by atoms with van der Waals surface area (Å²) in [5.74, 6) is 1.02. The lowest BCUT2D eigenvalue weighted by atomic mass is 10.1. The van der Waals surface area contributed by atoms with E-state index in [9.17, 15) is 8.42 Å². The fourth-order valence-corrected chi connectivity index (χ4v) is 4.19. The number of aryl methyl sites for hydroxylation is 1. The summed E-state index contributed by atoms with van der Waals surface area (Å²) in [5, 5.41) is 6.58. The molecule has 1 aliphatic rings. The molecule has 0 saturated carbocycles. The molecule has 25 heavy (non-hydrogen) atoms. The van der Waals surface area contributed by atoms with Gasteiger partial charge in [-0.3, -0.25) is 0 Å². The lowest BCUT2D eigenvalue weighted by molar-refractivity contribution is 0.445. The minimum Gasteiger partial charge on any atom is -0.356 e. The van der Waals surface area contributed by atoms with E-state index in [2.05, 4.69) is 53.7 Å².